The highest BCUT2D eigenvalue weighted by molar-refractivity contribution is 5.31. The average Bonchev–Trinajstić information content (AvgIpc) is 2.95. The molecule has 140 valence electrons. The van der Waals surface area contributed by atoms with Gasteiger partial charge in [0.05, 0.1) is 11.4 Å². The summed E-state index contributed by atoms with van der Waals surface area (Å²) in [6, 6.07) is 11.3. The molecular formula is C22H32N4. The second-order valence-electron chi connectivity index (χ2n) is 8.63. The van der Waals surface area contributed by atoms with Crippen molar-refractivity contribution in [1.29, 1.82) is 0 Å². The third-order valence-electron chi connectivity index (χ3n) is 6.26. The van der Waals surface area contributed by atoms with Crippen LogP contribution in [0.3, 0.4) is 0 Å². The topological polar surface area (TPSA) is 24.3 Å². The number of likely N-dealkylation sites (N-methyl/N-ethyl adjacent to an activating group) is 1. The highest BCUT2D eigenvalue weighted by Gasteiger charge is 2.44. The third-order valence-corrected chi connectivity index (χ3v) is 6.26. The second kappa shape index (κ2) is 6.82. The van der Waals surface area contributed by atoms with Crippen LogP contribution in [-0.2, 0) is 18.5 Å². The molecule has 3 heterocycles. The van der Waals surface area contributed by atoms with Crippen LogP contribution in [0.2, 0.25) is 0 Å². The molecule has 4 heteroatoms. The predicted molar refractivity (Wildman–Crippen MR) is 106 cm³/mol. The van der Waals surface area contributed by atoms with Crippen LogP contribution in [0.4, 0.5) is 0 Å². The minimum Gasteiger partial charge on any atom is -0.328 e. The minimum atomic E-state index is 0.237. The number of aromatic nitrogens is 2. The summed E-state index contributed by atoms with van der Waals surface area (Å²) < 4.78 is 2.46. The Hall–Kier alpha value is -1.65. The van der Waals surface area contributed by atoms with E-state index in [-0.39, 0.29) is 5.41 Å². The first-order chi connectivity index (χ1) is 12.5. The molecule has 1 aromatic carbocycles. The molecule has 1 fully saturated rings. The SMILES string of the molecule is Cc1nc2c(n1C(C)C)CN(C)CC21CCN(Cc2ccccc2)CC1. The average molecular weight is 353 g/mol. The Labute approximate surface area is 157 Å². The summed E-state index contributed by atoms with van der Waals surface area (Å²) in [5, 5.41) is 0. The van der Waals surface area contributed by atoms with E-state index in [1.165, 1.54) is 35.6 Å². The van der Waals surface area contributed by atoms with Crippen molar-refractivity contribution in [2.45, 2.75) is 58.2 Å². The van der Waals surface area contributed by atoms with Crippen LogP contribution in [0, 0.1) is 6.92 Å². The summed E-state index contributed by atoms with van der Waals surface area (Å²) in [5.41, 5.74) is 4.52. The van der Waals surface area contributed by atoms with Gasteiger partial charge in [-0.3, -0.25) is 9.80 Å². The van der Waals surface area contributed by atoms with Crippen molar-refractivity contribution in [3.63, 3.8) is 0 Å². The summed E-state index contributed by atoms with van der Waals surface area (Å²) in [5.74, 6) is 1.19. The van der Waals surface area contributed by atoms with Gasteiger partial charge in [-0.05, 0) is 59.3 Å². The monoisotopic (exact) mass is 352 g/mol. The van der Waals surface area contributed by atoms with Crippen molar-refractivity contribution in [2.75, 3.05) is 26.7 Å². The van der Waals surface area contributed by atoms with E-state index >= 15 is 0 Å². The van der Waals surface area contributed by atoms with Gasteiger partial charge in [0.2, 0.25) is 0 Å². The summed E-state index contributed by atoms with van der Waals surface area (Å²) in [6.07, 6.45) is 2.43. The van der Waals surface area contributed by atoms with E-state index in [9.17, 15) is 0 Å². The zero-order chi connectivity index (χ0) is 18.3. The highest BCUT2D eigenvalue weighted by atomic mass is 15.2. The Kier molecular flexibility index (Phi) is 4.66. The first-order valence-corrected chi connectivity index (χ1v) is 10.0. The number of rotatable bonds is 3. The van der Waals surface area contributed by atoms with Crippen molar-refractivity contribution >= 4 is 0 Å². The maximum absolute atomic E-state index is 5.11. The molecule has 0 aliphatic carbocycles. The predicted octanol–water partition coefficient (Wildman–Crippen LogP) is 3.75. The van der Waals surface area contributed by atoms with Crippen LogP contribution >= 0.6 is 0 Å². The van der Waals surface area contributed by atoms with Gasteiger partial charge in [-0.25, -0.2) is 4.98 Å². The molecule has 4 rings (SSSR count). The van der Waals surface area contributed by atoms with Gasteiger partial charge < -0.3 is 4.57 Å². The molecule has 0 saturated carbocycles. The Bertz CT molecular complexity index is 754. The Morgan fingerprint density at radius 1 is 1.12 bits per heavy atom. The van der Waals surface area contributed by atoms with Gasteiger partial charge in [0.25, 0.3) is 0 Å². The van der Waals surface area contributed by atoms with Gasteiger partial charge in [0.1, 0.15) is 5.82 Å². The lowest BCUT2D eigenvalue weighted by Crippen LogP contribution is -2.51. The number of imidazole rings is 1. The van der Waals surface area contributed by atoms with E-state index in [0.717, 1.165) is 32.7 Å². The van der Waals surface area contributed by atoms with Crippen LogP contribution in [-0.4, -0.2) is 46.0 Å². The van der Waals surface area contributed by atoms with Gasteiger partial charge in [-0.1, -0.05) is 30.3 Å². The summed E-state index contributed by atoms with van der Waals surface area (Å²) >= 11 is 0. The number of benzene rings is 1. The van der Waals surface area contributed by atoms with E-state index in [1.54, 1.807) is 0 Å². The molecule has 2 aromatic rings. The van der Waals surface area contributed by atoms with Crippen LogP contribution in [0.25, 0.3) is 0 Å². The lowest BCUT2D eigenvalue weighted by molar-refractivity contribution is 0.102. The Morgan fingerprint density at radius 3 is 2.46 bits per heavy atom. The maximum Gasteiger partial charge on any atom is 0.106 e. The third kappa shape index (κ3) is 3.10. The fourth-order valence-corrected chi connectivity index (χ4v) is 5.13. The number of nitrogens with zero attached hydrogens (tertiary/aromatic N) is 4. The highest BCUT2D eigenvalue weighted by Crippen LogP contribution is 2.42. The number of piperidine rings is 1. The fourth-order valence-electron chi connectivity index (χ4n) is 5.13. The smallest absolute Gasteiger partial charge is 0.106 e. The molecule has 0 N–H and O–H groups in total. The van der Waals surface area contributed by atoms with Gasteiger partial charge in [-0.15, -0.1) is 0 Å². The summed E-state index contributed by atoms with van der Waals surface area (Å²) in [7, 11) is 2.27. The molecule has 0 radical (unpaired) electrons. The van der Waals surface area contributed by atoms with Crippen molar-refractivity contribution in [3.05, 3.63) is 53.1 Å². The van der Waals surface area contributed by atoms with Crippen LogP contribution in [0.5, 0.6) is 0 Å². The molecule has 1 saturated heterocycles. The molecule has 26 heavy (non-hydrogen) atoms. The largest absolute Gasteiger partial charge is 0.328 e. The molecule has 4 nitrogen and oxygen atoms in total. The van der Waals surface area contributed by atoms with E-state index in [2.05, 4.69) is 72.5 Å². The molecule has 1 spiro atoms. The molecule has 0 unspecified atom stereocenters. The lowest BCUT2D eigenvalue weighted by atomic mass is 9.72. The number of fused-ring (bicyclic) bond motifs is 2. The standard InChI is InChI=1S/C22H32N4/c1-17(2)26-18(3)23-21-20(26)15-24(4)16-22(21)10-12-25(13-11-22)14-19-8-6-5-7-9-19/h5-9,17H,10-16H2,1-4H3. The molecule has 2 aliphatic rings. The molecule has 0 bridgehead atoms. The number of likely N-dealkylation sites (tertiary alicyclic amines) is 1. The molecular weight excluding hydrogens is 320 g/mol. The van der Waals surface area contributed by atoms with Gasteiger partial charge >= 0.3 is 0 Å². The Morgan fingerprint density at radius 2 is 1.81 bits per heavy atom. The fraction of sp³-hybridized carbons (Fsp3) is 0.591. The first-order valence-electron chi connectivity index (χ1n) is 10.0. The van der Waals surface area contributed by atoms with Gasteiger partial charge in [0, 0.05) is 31.1 Å². The van der Waals surface area contributed by atoms with E-state index in [0.29, 0.717) is 6.04 Å². The van der Waals surface area contributed by atoms with E-state index in [1.807, 2.05) is 0 Å². The maximum atomic E-state index is 5.11. The summed E-state index contributed by atoms with van der Waals surface area (Å²) in [6.45, 7) is 12.3. The van der Waals surface area contributed by atoms with Crippen molar-refractivity contribution in [3.8, 4) is 0 Å². The Balaban J connectivity index is 1.56. The van der Waals surface area contributed by atoms with Gasteiger partial charge in [0.15, 0.2) is 0 Å². The first kappa shape index (κ1) is 17.7. The zero-order valence-corrected chi connectivity index (χ0v) is 16.7. The van der Waals surface area contributed by atoms with Crippen molar-refractivity contribution in [1.82, 2.24) is 19.4 Å². The number of hydrogen-bond donors (Lipinski definition) is 0. The van der Waals surface area contributed by atoms with E-state index < -0.39 is 0 Å². The number of aryl methyl sites for hydroxylation is 1. The van der Waals surface area contributed by atoms with E-state index in [4.69, 9.17) is 4.98 Å². The zero-order valence-electron chi connectivity index (χ0n) is 16.7. The van der Waals surface area contributed by atoms with Crippen LogP contribution in [0.1, 0.15) is 55.5 Å². The minimum absolute atomic E-state index is 0.237. The molecule has 1 aromatic heterocycles. The van der Waals surface area contributed by atoms with Crippen molar-refractivity contribution in [2.24, 2.45) is 0 Å². The molecule has 0 amide bonds. The van der Waals surface area contributed by atoms with Crippen LogP contribution in [0.15, 0.2) is 30.3 Å². The number of hydrogen-bond acceptors (Lipinski definition) is 3. The quantitative estimate of drug-likeness (QED) is 0.841. The summed E-state index contributed by atoms with van der Waals surface area (Å²) in [4.78, 5) is 10.2. The van der Waals surface area contributed by atoms with Crippen LogP contribution < -0.4 is 0 Å². The van der Waals surface area contributed by atoms with Gasteiger partial charge in [-0.2, -0.15) is 0 Å². The molecule has 2 aliphatic heterocycles. The second-order valence-corrected chi connectivity index (χ2v) is 8.63. The normalized spacial score (nSPS) is 20.7. The lowest BCUT2D eigenvalue weighted by Gasteiger charge is -2.46. The van der Waals surface area contributed by atoms with Crippen molar-refractivity contribution < 1.29 is 0 Å². The molecule has 0 atom stereocenters.